The zero-order valence-corrected chi connectivity index (χ0v) is 16.1. The lowest BCUT2D eigenvalue weighted by Crippen LogP contribution is -2.35. The maximum Gasteiger partial charge on any atom is 0.243 e. The minimum atomic E-state index is -3.52. The van der Waals surface area contributed by atoms with E-state index in [1.54, 1.807) is 0 Å². The van der Waals surface area contributed by atoms with Gasteiger partial charge in [0.15, 0.2) is 0 Å². The second kappa shape index (κ2) is 8.79. The van der Waals surface area contributed by atoms with Crippen molar-refractivity contribution in [2.75, 3.05) is 18.4 Å². The van der Waals surface area contributed by atoms with Gasteiger partial charge in [-0.15, -0.1) is 0 Å². The first-order valence-corrected chi connectivity index (χ1v) is 10.6. The normalized spacial score (nSPS) is 15.4. The lowest BCUT2D eigenvalue weighted by molar-refractivity contribution is -0.116. The minimum absolute atomic E-state index is 0.0196. The molecule has 150 valence electrons. The molecule has 0 aromatic heterocycles. The number of carbonyl (C=O) groups excluding carboxylic acids is 1. The number of sulfonamides is 1. The van der Waals surface area contributed by atoms with E-state index < -0.39 is 21.7 Å². The number of aryl methyl sites for hydroxylation is 1. The third kappa shape index (κ3) is 4.94. The summed E-state index contributed by atoms with van der Waals surface area (Å²) in [5.41, 5.74) is 0.584. The number of amides is 1. The summed E-state index contributed by atoms with van der Waals surface area (Å²) in [7, 11) is -3.52. The van der Waals surface area contributed by atoms with Crippen LogP contribution in [0.25, 0.3) is 0 Å². The Morgan fingerprint density at radius 3 is 2.36 bits per heavy atom. The van der Waals surface area contributed by atoms with E-state index in [-0.39, 0.29) is 29.2 Å². The van der Waals surface area contributed by atoms with Gasteiger partial charge in [0.1, 0.15) is 11.6 Å². The monoisotopic (exact) mass is 408 g/mol. The highest BCUT2D eigenvalue weighted by atomic mass is 32.2. The smallest absolute Gasteiger partial charge is 0.243 e. The van der Waals surface area contributed by atoms with Gasteiger partial charge in [-0.25, -0.2) is 17.2 Å². The summed E-state index contributed by atoms with van der Waals surface area (Å²) in [6, 6.07) is 9.11. The summed E-state index contributed by atoms with van der Waals surface area (Å²) in [5, 5.41) is 2.64. The second-order valence-corrected chi connectivity index (χ2v) is 8.71. The molecule has 3 rings (SSSR count). The van der Waals surface area contributed by atoms with Gasteiger partial charge in [-0.1, -0.05) is 6.42 Å². The Morgan fingerprint density at radius 2 is 1.68 bits per heavy atom. The Hall–Kier alpha value is -2.32. The molecule has 1 N–H and O–H groups in total. The molecule has 5 nitrogen and oxygen atoms in total. The van der Waals surface area contributed by atoms with Crippen LogP contribution in [-0.4, -0.2) is 31.7 Å². The number of benzene rings is 2. The van der Waals surface area contributed by atoms with Crippen LogP contribution in [0.1, 0.15) is 31.2 Å². The number of nitrogens with zero attached hydrogens (tertiary/aromatic N) is 1. The standard InChI is InChI=1S/C20H22F2N2O3S/c21-16-5-10-19(22)15(14-16)4-11-20(25)23-17-6-8-18(9-7-17)28(26,27)24-12-2-1-3-13-24/h5-10,14H,1-4,11-13H2,(H,23,25). The van der Waals surface area contributed by atoms with Crippen LogP contribution in [-0.2, 0) is 21.2 Å². The van der Waals surface area contributed by atoms with E-state index in [2.05, 4.69) is 5.32 Å². The largest absolute Gasteiger partial charge is 0.326 e. The fourth-order valence-corrected chi connectivity index (χ4v) is 4.69. The fraction of sp³-hybridized carbons (Fsp3) is 0.350. The van der Waals surface area contributed by atoms with Crippen molar-refractivity contribution in [2.24, 2.45) is 0 Å². The molecule has 0 bridgehead atoms. The summed E-state index contributed by atoms with van der Waals surface area (Å²) in [6.07, 6.45) is 2.81. The average Bonchev–Trinajstić information content (AvgIpc) is 2.70. The number of nitrogens with one attached hydrogen (secondary N) is 1. The predicted molar refractivity (Wildman–Crippen MR) is 102 cm³/mol. The van der Waals surface area contributed by atoms with Gasteiger partial charge in [-0.05, 0) is 67.3 Å². The molecule has 0 radical (unpaired) electrons. The Bertz CT molecular complexity index is 940. The van der Waals surface area contributed by atoms with Crippen LogP contribution in [0.3, 0.4) is 0 Å². The zero-order chi connectivity index (χ0) is 20.1. The van der Waals surface area contributed by atoms with Crippen LogP contribution in [0.2, 0.25) is 0 Å². The Morgan fingerprint density at radius 1 is 1.00 bits per heavy atom. The molecule has 0 saturated carbocycles. The van der Waals surface area contributed by atoms with Gasteiger partial charge in [0, 0.05) is 25.2 Å². The highest BCUT2D eigenvalue weighted by Gasteiger charge is 2.25. The SMILES string of the molecule is O=C(CCc1cc(F)ccc1F)Nc1ccc(S(=O)(=O)N2CCCCC2)cc1. The molecule has 2 aromatic rings. The van der Waals surface area contributed by atoms with Crippen LogP contribution < -0.4 is 5.32 Å². The van der Waals surface area contributed by atoms with Gasteiger partial charge in [-0.3, -0.25) is 4.79 Å². The molecule has 1 heterocycles. The number of piperidine rings is 1. The Kier molecular flexibility index (Phi) is 6.41. The Labute approximate surface area is 163 Å². The fourth-order valence-electron chi connectivity index (χ4n) is 3.17. The average molecular weight is 408 g/mol. The quantitative estimate of drug-likeness (QED) is 0.792. The molecule has 1 aliphatic heterocycles. The van der Waals surface area contributed by atoms with Crippen molar-refractivity contribution in [1.29, 1.82) is 0 Å². The van der Waals surface area contributed by atoms with Crippen molar-refractivity contribution in [2.45, 2.75) is 37.0 Å². The van der Waals surface area contributed by atoms with Crippen LogP contribution in [0.15, 0.2) is 47.4 Å². The van der Waals surface area contributed by atoms with Gasteiger partial charge >= 0.3 is 0 Å². The summed E-state index contributed by atoms with van der Waals surface area (Å²) in [4.78, 5) is 12.2. The van der Waals surface area contributed by atoms with Crippen LogP contribution in [0.4, 0.5) is 14.5 Å². The summed E-state index contributed by atoms with van der Waals surface area (Å²) < 4.78 is 53.5. The third-order valence-electron chi connectivity index (χ3n) is 4.72. The molecule has 1 aliphatic rings. The van der Waals surface area contributed by atoms with Crippen LogP contribution in [0.5, 0.6) is 0 Å². The van der Waals surface area contributed by atoms with Crippen molar-refractivity contribution in [3.8, 4) is 0 Å². The lowest BCUT2D eigenvalue weighted by atomic mass is 10.1. The zero-order valence-electron chi connectivity index (χ0n) is 15.3. The molecule has 2 aromatic carbocycles. The number of halogens is 2. The molecule has 1 amide bonds. The highest BCUT2D eigenvalue weighted by molar-refractivity contribution is 7.89. The van der Waals surface area contributed by atoms with Crippen LogP contribution in [0, 0.1) is 11.6 Å². The molecule has 1 fully saturated rings. The van der Waals surface area contributed by atoms with E-state index in [1.807, 2.05) is 0 Å². The predicted octanol–water partition coefficient (Wildman–Crippen LogP) is 3.71. The number of hydrogen-bond acceptors (Lipinski definition) is 3. The number of hydrogen-bond donors (Lipinski definition) is 1. The minimum Gasteiger partial charge on any atom is -0.326 e. The van der Waals surface area contributed by atoms with Crippen LogP contribution >= 0.6 is 0 Å². The first-order chi connectivity index (χ1) is 13.4. The molecular weight excluding hydrogens is 386 g/mol. The molecule has 28 heavy (non-hydrogen) atoms. The van der Waals surface area contributed by atoms with Crippen molar-refractivity contribution in [1.82, 2.24) is 4.31 Å². The Balaban J connectivity index is 1.59. The topological polar surface area (TPSA) is 66.5 Å². The van der Waals surface area contributed by atoms with Gasteiger partial charge < -0.3 is 5.32 Å². The maximum absolute atomic E-state index is 13.6. The van der Waals surface area contributed by atoms with E-state index in [4.69, 9.17) is 0 Å². The van der Waals surface area contributed by atoms with Gasteiger partial charge in [0.2, 0.25) is 15.9 Å². The number of anilines is 1. The van der Waals surface area contributed by atoms with Crippen molar-refractivity contribution in [3.05, 3.63) is 59.7 Å². The molecule has 1 saturated heterocycles. The first kappa shape index (κ1) is 20.4. The maximum atomic E-state index is 13.6. The van der Waals surface area contributed by atoms with E-state index in [0.29, 0.717) is 18.8 Å². The van der Waals surface area contributed by atoms with Gasteiger partial charge in [-0.2, -0.15) is 4.31 Å². The molecular formula is C20H22F2N2O3S. The van der Waals surface area contributed by atoms with Crippen molar-refractivity contribution >= 4 is 21.6 Å². The van der Waals surface area contributed by atoms with E-state index in [1.165, 1.54) is 28.6 Å². The number of carbonyl (C=O) groups is 1. The molecule has 0 spiro atoms. The van der Waals surface area contributed by atoms with Gasteiger partial charge in [0.05, 0.1) is 4.90 Å². The van der Waals surface area contributed by atoms with E-state index in [9.17, 15) is 22.0 Å². The lowest BCUT2D eigenvalue weighted by Gasteiger charge is -2.25. The summed E-state index contributed by atoms with van der Waals surface area (Å²) in [5.74, 6) is -1.47. The highest BCUT2D eigenvalue weighted by Crippen LogP contribution is 2.22. The van der Waals surface area contributed by atoms with E-state index >= 15 is 0 Å². The van der Waals surface area contributed by atoms with E-state index in [0.717, 1.165) is 37.5 Å². The molecule has 8 heteroatoms. The summed E-state index contributed by atoms with van der Waals surface area (Å²) in [6.45, 7) is 1.05. The van der Waals surface area contributed by atoms with Crippen molar-refractivity contribution in [3.63, 3.8) is 0 Å². The second-order valence-electron chi connectivity index (χ2n) is 6.77. The number of rotatable bonds is 6. The first-order valence-electron chi connectivity index (χ1n) is 9.20. The molecule has 0 unspecified atom stereocenters. The van der Waals surface area contributed by atoms with Crippen molar-refractivity contribution < 1.29 is 22.0 Å². The summed E-state index contributed by atoms with van der Waals surface area (Å²) >= 11 is 0. The molecule has 0 aliphatic carbocycles. The van der Waals surface area contributed by atoms with Gasteiger partial charge in [0.25, 0.3) is 0 Å². The third-order valence-corrected chi connectivity index (χ3v) is 6.63. The molecule has 0 atom stereocenters.